The Hall–Kier alpha value is -1.84. The third kappa shape index (κ3) is 1.26. The van der Waals surface area contributed by atoms with Gasteiger partial charge in [-0.25, -0.2) is 0 Å². The second kappa shape index (κ2) is 3.34. The molecule has 1 aliphatic heterocycles. The van der Waals surface area contributed by atoms with Gasteiger partial charge < -0.3 is 15.5 Å². The third-order valence-corrected chi connectivity index (χ3v) is 3.83. The molecule has 0 unspecified atom stereocenters. The van der Waals surface area contributed by atoms with Crippen LogP contribution in [0, 0.1) is 0 Å². The molecule has 18 heavy (non-hydrogen) atoms. The zero-order valence-electron chi connectivity index (χ0n) is 9.94. The van der Waals surface area contributed by atoms with Crippen molar-refractivity contribution in [2.24, 2.45) is 5.73 Å². The predicted octanol–water partition coefficient (Wildman–Crippen LogP) is 2.34. The molecule has 0 amide bonds. The molecule has 0 spiro atoms. The van der Waals surface area contributed by atoms with Gasteiger partial charge in [0.25, 0.3) is 0 Å². The number of nitrogens with two attached hydrogens (primary N) is 1. The average Bonchev–Trinajstić information content (AvgIpc) is 2.73. The summed E-state index contributed by atoms with van der Waals surface area (Å²) in [6, 6.07) is 14.4. The maximum absolute atomic E-state index is 6.31. The van der Waals surface area contributed by atoms with Crippen LogP contribution < -0.4 is 11.1 Å². The van der Waals surface area contributed by atoms with Crippen molar-refractivity contribution in [3.8, 4) is 0 Å². The van der Waals surface area contributed by atoms with Crippen molar-refractivity contribution >= 4 is 21.9 Å². The second-order valence-corrected chi connectivity index (χ2v) is 5.07. The number of fused-ring (bicyclic) bond motifs is 3. The summed E-state index contributed by atoms with van der Waals surface area (Å²) in [6.45, 7) is 1.66. The van der Waals surface area contributed by atoms with Crippen LogP contribution in [0.3, 0.4) is 0 Å². The molecule has 3 N–H and O–H groups in total. The highest BCUT2D eigenvalue weighted by Gasteiger charge is 2.34. The van der Waals surface area contributed by atoms with Crippen LogP contribution in [-0.4, -0.2) is 13.1 Å². The minimum atomic E-state index is -0.229. The second-order valence-electron chi connectivity index (χ2n) is 5.07. The van der Waals surface area contributed by atoms with E-state index in [2.05, 4.69) is 29.6 Å². The first-order chi connectivity index (χ1) is 8.76. The van der Waals surface area contributed by atoms with Gasteiger partial charge in [-0.15, -0.1) is 0 Å². The van der Waals surface area contributed by atoms with Gasteiger partial charge in [0.15, 0.2) is 0 Å². The van der Waals surface area contributed by atoms with Gasteiger partial charge in [-0.1, -0.05) is 30.3 Å². The van der Waals surface area contributed by atoms with Crippen molar-refractivity contribution in [2.75, 3.05) is 13.1 Å². The van der Waals surface area contributed by atoms with Gasteiger partial charge in [0.1, 0.15) is 11.2 Å². The number of benzene rings is 2. The van der Waals surface area contributed by atoms with E-state index >= 15 is 0 Å². The lowest BCUT2D eigenvalue weighted by Gasteiger charge is -2.39. The first kappa shape index (κ1) is 10.1. The molecular weight excluding hydrogens is 224 g/mol. The van der Waals surface area contributed by atoms with Gasteiger partial charge in [0, 0.05) is 23.9 Å². The summed E-state index contributed by atoms with van der Waals surface area (Å²) in [4.78, 5) is 0. The maximum atomic E-state index is 6.31. The van der Waals surface area contributed by atoms with Gasteiger partial charge in [-0.3, -0.25) is 0 Å². The molecule has 0 saturated carbocycles. The van der Waals surface area contributed by atoms with E-state index in [1.165, 1.54) is 0 Å². The van der Waals surface area contributed by atoms with Crippen molar-refractivity contribution in [2.45, 2.75) is 5.54 Å². The van der Waals surface area contributed by atoms with Gasteiger partial charge in [-0.05, 0) is 17.7 Å². The molecule has 1 aromatic heterocycles. The fourth-order valence-electron chi connectivity index (χ4n) is 2.63. The number of nitrogens with one attached hydrogen (secondary N) is 1. The van der Waals surface area contributed by atoms with E-state index < -0.39 is 0 Å². The largest absolute Gasteiger partial charge is 0.456 e. The van der Waals surface area contributed by atoms with E-state index in [1.54, 1.807) is 0 Å². The number of hydrogen-bond donors (Lipinski definition) is 2. The highest BCUT2D eigenvalue weighted by molar-refractivity contribution is 6.04. The molecule has 0 atom stereocenters. The SMILES string of the molecule is NC1(c2ccc3c(c2)oc2ccccc23)CNC1. The smallest absolute Gasteiger partial charge is 0.135 e. The van der Waals surface area contributed by atoms with Crippen molar-refractivity contribution in [1.82, 2.24) is 5.32 Å². The van der Waals surface area contributed by atoms with E-state index in [0.717, 1.165) is 40.6 Å². The molecule has 2 heterocycles. The van der Waals surface area contributed by atoms with Crippen LogP contribution in [0.5, 0.6) is 0 Å². The zero-order chi connectivity index (χ0) is 12.2. The molecule has 3 aromatic rings. The van der Waals surface area contributed by atoms with Crippen molar-refractivity contribution in [3.05, 3.63) is 48.0 Å². The molecule has 2 aromatic carbocycles. The highest BCUT2D eigenvalue weighted by atomic mass is 16.3. The lowest BCUT2D eigenvalue weighted by molar-refractivity contribution is 0.287. The number of para-hydroxylation sites is 1. The summed E-state index contributed by atoms with van der Waals surface area (Å²) < 4.78 is 5.88. The van der Waals surface area contributed by atoms with E-state index in [1.807, 2.05) is 18.2 Å². The van der Waals surface area contributed by atoms with Crippen LogP contribution in [-0.2, 0) is 5.54 Å². The fraction of sp³-hybridized carbons (Fsp3) is 0.200. The van der Waals surface area contributed by atoms with Crippen molar-refractivity contribution < 1.29 is 4.42 Å². The van der Waals surface area contributed by atoms with Crippen LogP contribution in [0.4, 0.5) is 0 Å². The van der Waals surface area contributed by atoms with Crippen LogP contribution in [0.2, 0.25) is 0 Å². The standard InChI is InChI=1S/C15H14N2O/c16-15(8-17-9-15)10-5-6-12-11-3-1-2-4-13(11)18-14(12)7-10/h1-7,17H,8-9,16H2. The summed E-state index contributed by atoms with van der Waals surface area (Å²) in [5, 5.41) is 5.54. The fourth-order valence-corrected chi connectivity index (χ4v) is 2.63. The average molecular weight is 238 g/mol. The Labute approximate surface area is 105 Å². The minimum Gasteiger partial charge on any atom is -0.456 e. The van der Waals surface area contributed by atoms with Crippen LogP contribution in [0.1, 0.15) is 5.56 Å². The predicted molar refractivity (Wildman–Crippen MR) is 72.5 cm³/mol. The molecule has 1 saturated heterocycles. The lowest BCUT2D eigenvalue weighted by atomic mass is 9.85. The molecule has 1 aliphatic rings. The molecule has 1 fully saturated rings. The van der Waals surface area contributed by atoms with E-state index in [-0.39, 0.29) is 5.54 Å². The first-order valence-corrected chi connectivity index (χ1v) is 6.18. The Morgan fingerprint density at radius 3 is 2.56 bits per heavy atom. The summed E-state index contributed by atoms with van der Waals surface area (Å²) in [5.41, 5.74) is 9.08. The molecule has 90 valence electrons. The van der Waals surface area contributed by atoms with Crippen molar-refractivity contribution in [3.63, 3.8) is 0 Å². The van der Waals surface area contributed by atoms with Crippen LogP contribution in [0.15, 0.2) is 46.9 Å². The lowest BCUT2D eigenvalue weighted by Crippen LogP contribution is -2.62. The van der Waals surface area contributed by atoms with E-state index in [0.29, 0.717) is 0 Å². The van der Waals surface area contributed by atoms with E-state index in [9.17, 15) is 0 Å². The quantitative estimate of drug-likeness (QED) is 0.684. The highest BCUT2D eigenvalue weighted by Crippen LogP contribution is 2.32. The minimum absolute atomic E-state index is 0.229. The van der Waals surface area contributed by atoms with Gasteiger partial charge in [-0.2, -0.15) is 0 Å². The Morgan fingerprint density at radius 2 is 1.78 bits per heavy atom. The molecule has 4 rings (SSSR count). The Balaban J connectivity index is 1.98. The normalized spacial score (nSPS) is 18.1. The molecular formula is C15H14N2O. The Morgan fingerprint density at radius 1 is 1.00 bits per heavy atom. The van der Waals surface area contributed by atoms with Crippen LogP contribution in [0.25, 0.3) is 21.9 Å². The molecule has 0 bridgehead atoms. The summed E-state index contributed by atoms with van der Waals surface area (Å²) in [5.74, 6) is 0. The Bertz CT molecular complexity index is 740. The molecule has 0 radical (unpaired) electrons. The number of furan rings is 1. The van der Waals surface area contributed by atoms with Gasteiger partial charge in [0.2, 0.25) is 0 Å². The molecule has 3 nitrogen and oxygen atoms in total. The summed E-state index contributed by atoms with van der Waals surface area (Å²) >= 11 is 0. The summed E-state index contributed by atoms with van der Waals surface area (Å²) in [6.07, 6.45) is 0. The number of hydrogen-bond acceptors (Lipinski definition) is 3. The summed E-state index contributed by atoms with van der Waals surface area (Å²) in [7, 11) is 0. The topological polar surface area (TPSA) is 51.2 Å². The Kier molecular flexibility index (Phi) is 1.88. The zero-order valence-corrected chi connectivity index (χ0v) is 9.94. The van der Waals surface area contributed by atoms with Gasteiger partial charge in [0.05, 0.1) is 5.54 Å². The third-order valence-electron chi connectivity index (χ3n) is 3.83. The first-order valence-electron chi connectivity index (χ1n) is 6.18. The molecule has 3 heteroatoms. The number of rotatable bonds is 1. The van der Waals surface area contributed by atoms with Gasteiger partial charge >= 0.3 is 0 Å². The maximum Gasteiger partial charge on any atom is 0.135 e. The molecule has 0 aliphatic carbocycles. The van der Waals surface area contributed by atoms with Crippen molar-refractivity contribution in [1.29, 1.82) is 0 Å². The van der Waals surface area contributed by atoms with E-state index in [4.69, 9.17) is 10.2 Å². The monoisotopic (exact) mass is 238 g/mol. The van der Waals surface area contributed by atoms with Crippen LogP contribution >= 0.6 is 0 Å².